The van der Waals surface area contributed by atoms with E-state index in [1.165, 1.54) is 0 Å². The molecule has 0 saturated carbocycles. The van der Waals surface area contributed by atoms with Gasteiger partial charge in [-0.1, -0.05) is 0 Å². The van der Waals surface area contributed by atoms with Crippen molar-refractivity contribution < 1.29 is 0 Å². The van der Waals surface area contributed by atoms with Crippen molar-refractivity contribution in [2.75, 3.05) is 30.3 Å². The normalized spacial score (nSPS) is 22.4. The van der Waals surface area contributed by atoms with Crippen LogP contribution in [0.2, 0.25) is 0 Å². The topological polar surface area (TPSA) is 54.2 Å². The van der Waals surface area contributed by atoms with Crippen molar-refractivity contribution >= 4 is 11.5 Å². The van der Waals surface area contributed by atoms with Crippen LogP contribution in [0.15, 0.2) is 18.3 Å². The highest BCUT2D eigenvalue weighted by atomic mass is 15.2. The molecule has 76 valence electrons. The van der Waals surface area contributed by atoms with E-state index in [9.17, 15) is 0 Å². The zero-order chi connectivity index (χ0) is 9.97. The van der Waals surface area contributed by atoms with E-state index < -0.39 is 0 Å². The maximum absolute atomic E-state index is 5.55. The predicted molar refractivity (Wildman–Crippen MR) is 58.3 cm³/mol. The van der Waals surface area contributed by atoms with Crippen molar-refractivity contribution in [3.8, 4) is 0 Å². The fourth-order valence-corrected chi connectivity index (χ4v) is 1.79. The second-order valence-electron chi connectivity index (χ2n) is 3.69. The number of nitrogen functional groups attached to an aromatic ring is 1. The minimum Gasteiger partial charge on any atom is -0.384 e. The Hall–Kier alpha value is -1.29. The van der Waals surface area contributed by atoms with Crippen LogP contribution in [0.25, 0.3) is 0 Å². The van der Waals surface area contributed by atoms with Crippen LogP contribution in [0.1, 0.15) is 6.92 Å². The molecule has 3 N–H and O–H groups in total. The molecule has 1 atom stereocenters. The Morgan fingerprint density at radius 1 is 1.57 bits per heavy atom. The van der Waals surface area contributed by atoms with Crippen LogP contribution in [0.5, 0.6) is 0 Å². The van der Waals surface area contributed by atoms with E-state index >= 15 is 0 Å². The maximum atomic E-state index is 5.55. The van der Waals surface area contributed by atoms with E-state index in [4.69, 9.17) is 5.73 Å². The van der Waals surface area contributed by atoms with Gasteiger partial charge in [-0.2, -0.15) is 0 Å². The van der Waals surface area contributed by atoms with Crippen molar-refractivity contribution in [1.82, 2.24) is 10.3 Å². The fraction of sp³-hybridized carbons (Fsp3) is 0.500. The molecule has 1 saturated heterocycles. The summed E-state index contributed by atoms with van der Waals surface area (Å²) >= 11 is 0. The molecule has 0 aromatic carbocycles. The fourth-order valence-electron chi connectivity index (χ4n) is 1.79. The van der Waals surface area contributed by atoms with Crippen LogP contribution in [-0.2, 0) is 0 Å². The van der Waals surface area contributed by atoms with Gasteiger partial charge in [0.25, 0.3) is 0 Å². The number of piperazine rings is 1. The molecule has 1 aliphatic heterocycles. The third kappa shape index (κ3) is 1.80. The number of hydrogen-bond donors (Lipinski definition) is 2. The molecule has 2 rings (SSSR count). The molecule has 1 aromatic heterocycles. The van der Waals surface area contributed by atoms with E-state index in [-0.39, 0.29) is 0 Å². The number of anilines is 2. The Morgan fingerprint density at radius 3 is 3.07 bits per heavy atom. The van der Waals surface area contributed by atoms with Crippen LogP contribution in [-0.4, -0.2) is 30.7 Å². The van der Waals surface area contributed by atoms with Gasteiger partial charge in [0.05, 0.1) is 11.9 Å². The zero-order valence-corrected chi connectivity index (χ0v) is 8.40. The molecule has 4 nitrogen and oxygen atoms in total. The minimum absolute atomic E-state index is 0.522. The summed E-state index contributed by atoms with van der Waals surface area (Å²) in [6.07, 6.45) is 1.84. The van der Waals surface area contributed by atoms with Crippen LogP contribution < -0.4 is 16.0 Å². The molecule has 1 unspecified atom stereocenters. The first-order chi connectivity index (χ1) is 6.77. The summed E-state index contributed by atoms with van der Waals surface area (Å²) in [4.78, 5) is 6.45. The first-order valence-electron chi connectivity index (χ1n) is 4.96. The standard InChI is InChI=1S/C10H16N4/c1-8-6-12-4-5-14(8)9-2-3-10(11)13-7-9/h2-3,7-8,12H,4-6H2,1H3,(H2,11,13). The number of rotatable bonds is 1. The monoisotopic (exact) mass is 192 g/mol. The third-order valence-corrected chi connectivity index (χ3v) is 2.60. The summed E-state index contributed by atoms with van der Waals surface area (Å²) < 4.78 is 0. The van der Waals surface area contributed by atoms with Gasteiger partial charge in [-0.15, -0.1) is 0 Å². The molecule has 1 aliphatic rings. The summed E-state index contributed by atoms with van der Waals surface area (Å²) in [5.74, 6) is 0.580. The summed E-state index contributed by atoms with van der Waals surface area (Å²) in [6.45, 7) is 5.31. The highest BCUT2D eigenvalue weighted by Crippen LogP contribution is 2.17. The summed E-state index contributed by atoms with van der Waals surface area (Å²) in [6, 6.07) is 4.41. The van der Waals surface area contributed by atoms with Gasteiger partial charge in [-0.25, -0.2) is 4.98 Å². The number of nitrogens with zero attached hydrogens (tertiary/aromatic N) is 2. The number of nitrogens with two attached hydrogens (primary N) is 1. The maximum Gasteiger partial charge on any atom is 0.123 e. The van der Waals surface area contributed by atoms with Gasteiger partial charge in [0.15, 0.2) is 0 Å². The highest BCUT2D eigenvalue weighted by Gasteiger charge is 2.17. The first kappa shape index (κ1) is 9.27. The zero-order valence-electron chi connectivity index (χ0n) is 8.40. The molecule has 1 fully saturated rings. The summed E-state index contributed by atoms with van der Waals surface area (Å²) in [5.41, 5.74) is 6.71. The van der Waals surface area contributed by atoms with Crippen LogP contribution in [0.3, 0.4) is 0 Å². The number of hydrogen-bond acceptors (Lipinski definition) is 4. The molecule has 14 heavy (non-hydrogen) atoms. The van der Waals surface area contributed by atoms with Gasteiger partial charge in [0, 0.05) is 25.7 Å². The summed E-state index contributed by atoms with van der Waals surface area (Å²) in [5, 5.41) is 3.36. The Balaban J connectivity index is 2.16. The van der Waals surface area contributed by atoms with Gasteiger partial charge in [0.1, 0.15) is 5.82 Å². The minimum atomic E-state index is 0.522. The van der Waals surface area contributed by atoms with Crippen LogP contribution in [0.4, 0.5) is 11.5 Å². The number of aromatic nitrogens is 1. The molecule has 0 radical (unpaired) electrons. The molecular weight excluding hydrogens is 176 g/mol. The van der Waals surface area contributed by atoms with Crippen molar-refractivity contribution in [2.45, 2.75) is 13.0 Å². The lowest BCUT2D eigenvalue weighted by molar-refractivity contribution is 0.500. The molecule has 2 heterocycles. The lowest BCUT2D eigenvalue weighted by atomic mass is 10.2. The van der Waals surface area contributed by atoms with Crippen molar-refractivity contribution in [3.05, 3.63) is 18.3 Å². The predicted octanol–water partition coefficient (Wildman–Crippen LogP) is 0.462. The largest absolute Gasteiger partial charge is 0.384 e. The molecule has 0 bridgehead atoms. The smallest absolute Gasteiger partial charge is 0.123 e. The first-order valence-corrected chi connectivity index (χ1v) is 4.96. The second kappa shape index (κ2) is 3.84. The van der Waals surface area contributed by atoms with Crippen LogP contribution in [0, 0.1) is 0 Å². The van der Waals surface area contributed by atoms with Crippen molar-refractivity contribution in [3.63, 3.8) is 0 Å². The molecule has 0 spiro atoms. The van der Waals surface area contributed by atoms with E-state index in [0.29, 0.717) is 11.9 Å². The Bertz CT molecular complexity index is 295. The van der Waals surface area contributed by atoms with Crippen molar-refractivity contribution in [2.24, 2.45) is 0 Å². The Labute approximate surface area is 84.1 Å². The Kier molecular flexibility index (Phi) is 2.54. The van der Waals surface area contributed by atoms with E-state index in [2.05, 4.69) is 22.1 Å². The van der Waals surface area contributed by atoms with Gasteiger partial charge in [-0.05, 0) is 19.1 Å². The molecule has 1 aromatic rings. The van der Waals surface area contributed by atoms with Gasteiger partial charge >= 0.3 is 0 Å². The average molecular weight is 192 g/mol. The molecule has 4 heteroatoms. The van der Waals surface area contributed by atoms with E-state index in [0.717, 1.165) is 25.3 Å². The number of pyridine rings is 1. The Morgan fingerprint density at radius 2 is 2.43 bits per heavy atom. The van der Waals surface area contributed by atoms with E-state index in [1.54, 1.807) is 0 Å². The highest BCUT2D eigenvalue weighted by molar-refractivity contribution is 5.49. The van der Waals surface area contributed by atoms with Gasteiger partial charge < -0.3 is 16.0 Å². The second-order valence-corrected chi connectivity index (χ2v) is 3.69. The van der Waals surface area contributed by atoms with Crippen molar-refractivity contribution in [1.29, 1.82) is 0 Å². The lowest BCUT2D eigenvalue weighted by Crippen LogP contribution is -2.49. The lowest BCUT2D eigenvalue weighted by Gasteiger charge is -2.35. The number of nitrogens with one attached hydrogen (secondary N) is 1. The molecule has 0 amide bonds. The SMILES string of the molecule is CC1CNCCN1c1ccc(N)nc1. The van der Waals surface area contributed by atoms with Gasteiger partial charge in [0.2, 0.25) is 0 Å². The summed E-state index contributed by atoms with van der Waals surface area (Å²) in [7, 11) is 0. The van der Waals surface area contributed by atoms with Crippen LogP contribution >= 0.6 is 0 Å². The third-order valence-electron chi connectivity index (χ3n) is 2.60. The molecule has 0 aliphatic carbocycles. The molecular formula is C10H16N4. The average Bonchev–Trinajstić information content (AvgIpc) is 2.20. The van der Waals surface area contributed by atoms with E-state index in [1.807, 2.05) is 18.3 Å². The quantitative estimate of drug-likeness (QED) is 0.679. The van der Waals surface area contributed by atoms with Gasteiger partial charge in [-0.3, -0.25) is 0 Å².